The Kier molecular flexibility index (Phi) is 2.37. The lowest BCUT2D eigenvalue weighted by Crippen LogP contribution is -2.15. The van der Waals surface area contributed by atoms with E-state index in [-0.39, 0.29) is 0 Å². The van der Waals surface area contributed by atoms with Crippen LogP contribution in [0.15, 0.2) is 42.0 Å². The van der Waals surface area contributed by atoms with Crippen LogP contribution in [0.5, 0.6) is 0 Å². The van der Waals surface area contributed by atoms with Gasteiger partial charge in [-0.25, -0.2) is 0 Å². The fraction of sp³-hybridized carbons (Fsp3) is 0.100. The molecule has 0 aliphatic rings. The molecule has 14 heavy (non-hydrogen) atoms. The van der Waals surface area contributed by atoms with Crippen LogP contribution in [0.1, 0.15) is 0 Å². The van der Waals surface area contributed by atoms with Gasteiger partial charge in [-0.3, -0.25) is 0 Å². The maximum Gasteiger partial charge on any atom is 0.208 e. The summed E-state index contributed by atoms with van der Waals surface area (Å²) < 4.78 is 3.24. The molecule has 3 nitrogen and oxygen atoms in total. The van der Waals surface area contributed by atoms with Crippen LogP contribution in [0, 0.1) is 0 Å². The Morgan fingerprint density at radius 3 is 3.00 bits per heavy atom. The van der Waals surface area contributed by atoms with Gasteiger partial charge >= 0.3 is 0 Å². The number of allylic oxidation sites excluding steroid dienone is 1. The molecule has 0 bridgehead atoms. The van der Waals surface area contributed by atoms with Crippen LogP contribution in [0.2, 0.25) is 0 Å². The standard InChI is InChI=1S/C10H11N3S/c1-2-7-13-8-5-3-4-6-9(8)14-10(13)12-11/h2-6H,1,7,11H2/b12-10+. The van der Waals surface area contributed by atoms with Gasteiger partial charge in [-0.2, -0.15) is 5.10 Å². The summed E-state index contributed by atoms with van der Waals surface area (Å²) in [5, 5.41) is 3.76. The van der Waals surface area contributed by atoms with Gasteiger partial charge in [-0.1, -0.05) is 29.5 Å². The molecule has 0 fully saturated rings. The van der Waals surface area contributed by atoms with Gasteiger partial charge in [0.05, 0.1) is 10.2 Å². The summed E-state index contributed by atoms with van der Waals surface area (Å²) >= 11 is 1.59. The lowest BCUT2D eigenvalue weighted by atomic mass is 10.3. The highest BCUT2D eigenvalue weighted by Gasteiger charge is 2.02. The highest BCUT2D eigenvalue weighted by atomic mass is 32.1. The van der Waals surface area contributed by atoms with Gasteiger partial charge in [0.15, 0.2) is 0 Å². The van der Waals surface area contributed by atoms with Crippen molar-refractivity contribution >= 4 is 21.6 Å². The molecule has 1 aromatic heterocycles. The predicted molar refractivity (Wildman–Crippen MR) is 59.8 cm³/mol. The van der Waals surface area contributed by atoms with E-state index in [2.05, 4.69) is 23.8 Å². The average Bonchev–Trinajstić information content (AvgIpc) is 2.58. The number of nitrogens with two attached hydrogens (primary N) is 1. The minimum Gasteiger partial charge on any atom is -0.320 e. The van der Waals surface area contributed by atoms with Crippen LogP contribution in [-0.4, -0.2) is 4.57 Å². The number of hydrogen-bond acceptors (Lipinski definition) is 3. The molecule has 0 unspecified atom stereocenters. The van der Waals surface area contributed by atoms with Crippen molar-refractivity contribution < 1.29 is 0 Å². The molecular formula is C10H11N3S. The minimum absolute atomic E-state index is 0.736. The van der Waals surface area contributed by atoms with Gasteiger partial charge in [0.1, 0.15) is 0 Å². The Bertz CT molecular complexity index is 521. The maximum atomic E-state index is 5.33. The fourth-order valence-corrected chi connectivity index (χ4v) is 2.39. The third-order valence-electron chi connectivity index (χ3n) is 2.01. The number of rotatable bonds is 2. The molecule has 0 amide bonds. The molecule has 0 atom stereocenters. The van der Waals surface area contributed by atoms with E-state index in [1.807, 2.05) is 22.8 Å². The minimum atomic E-state index is 0.736. The zero-order valence-electron chi connectivity index (χ0n) is 7.68. The molecule has 0 radical (unpaired) electrons. The molecule has 1 heterocycles. The van der Waals surface area contributed by atoms with Crippen molar-refractivity contribution in [1.29, 1.82) is 0 Å². The van der Waals surface area contributed by atoms with Gasteiger partial charge in [-0.15, -0.1) is 6.58 Å². The lowest BCUT2D eigenvalue weighted by Gasteiger charge is -1.98. The van der Waals surface area contributed by atoms with Crippen molar-refractivity contribution in [2.24, 2.45) is 10.9 Å². The number of benzene rings is 1. The predicted octanol–water partition coefficient (Wildman–Crippen LogP) is 1.66. The third kappa shape index (κ3) is 1.33. The van der Waals surface area contributed by atoms with Gasteiger partial charge < -0.3 is 10.4 Å². The normalized spacial score (nSPS) is 12.1. The van der Waals surface area contributed by atoms with E-state index in [1.165, 1.54) is 4.70 Å². The molecule has 0 saturated heterocycles. The zero-order valence-corrected chi connectivity index (χ0v) is 8.50. The van der Waals surface area contributed by atoms with E-state index >= 15 is 0 Å². The highest BCUT2D eigenvalue weighted by Crippen LogP contribution is 2.16. The number of hydrogen-bond donors (Lipinski definition) is 1. The summed E-state index contributed by atoms with van der Waals surface area (Å²) in [4.78, 5) is 0.825. The second-order valence-electron chi connectivity index (χ2n) is 2.88. The van der Waals surface area contributed by atoms with Crippen molar-refractivity contribution in [2.45, 2.75) is 6.54 Å². The summed E-state index contributed by atoms with van der Waals surface area (Å²) in [5.41, 5.74) is 1.15. The van der Waals surface area contributed by atoms with E-state index in [9.17, 15) is 0 Å². The molecule has 2 N–H and O–H groups in total. The molecule has 0 aliphatic carbocycles. The van der Waals surface area contributed by atoms with Crippen LogP contribution in [-0.2, 0) is 6.54 Å². The molecular weight excluding hydrogens is 194 g/mol. The Labute approximate surface area is 85.8 Å². The average molecular weight is 205 g/mol. The Morgan fingerprint density at radius 1 is 1.50 bits per heavy atom. The number of fused-ring (bicyclic) bond motifs is 1. The van der Waals surface area contributed by atoms with Crippen molar-refractivity contribution in [2.75, 3.05) is 0 Å². The molecule has 0 saturated carbocycles. The Hall–Kier alpha value is -1.55. The molecule has 2 rings (SSSR count). The van der Waals surface area contributed by atoms with Crippen LogP contribution in [0.4, 0.5) is 0 Å². The van der Waals surface area contributed by atoms with Gasteiger partial charge in [0, 0.05) is 6.54 Å². The first-order valence-electron chi connectivity index (χ1n) is 4.30. The number of thiazole rings is 1. The zero-order chi connectivity index (χ0) is 9.97. The third-order valence-corrected chi connectivity index (χ3v) is 3.08. The largest absolute Gasteiger partial charge is 0.320 e. The van der Waals surface area contributed by atoms with Crippen LogP contribution < -0.4 is 10.6 Å². The quantitative estimate of drug-likeness (QED) is 0.452. The lowest BCUT2D eigenvalue weighted by molar-refractivity contribution is 0.810. The first kappa shape index (κ1) is 9.02. The van der Waals surface area contributed by atoms with E-state index in [0.29, 0.717) is 0 Å². The van der Waals surface area contributed by atoms with E-state index in [1.54, 1.807) is 11.3 Å². The van der Waals surface area contributed by atoms with Crippen molar-refractivity contribution in [3.63, 3.8) is 0 Å². The van der Waals surface area contributed by atoms with Gasteiger partial charge in [0.25, 0.3) is 0 Å². The number of nitrogens with zero attached hydrogens (tertiary/aromatic N) is 2. The van der Waals surface area contributed by atoms with Crippen LogP contribution in [0.25, 0.3) is 10.2 Å². The number of para-hydroxylation sites is 1. The summed E-state index contributed by atoms with van der Waals surface area (Å²) in [6, 6.07) is 8.14. The maximum absolute atomic E-state index is 5.33. The van der Waals surface area contributed by atoms with E-state index in [4.69, 9.17) is 5.84 Å². The van der Waals surface area contributed by atoms with Crippen LogP contribution in [0.3, 0.4) is 0 Å². The second-order valence-corrected chi connectivity index (χ2v) is 3.89. The molecule has 0 spiro atoms. The van der Waals surface area contributed by atoms with Crippen molar-refractivity contribution in [3.8, 4) is 0 Å². The summed E-state index contributed by atoms with van der Waals surface area (Å²) in [7, 11) is 0. The summed E-state index contributed by atoms with van der Waals surface area (Å²) in [5.74, 6) is 5.33. The van der Waals surface area contributed by atoms with E-state index in [0.717, 1.165) is 16.9 Å². The first-order chi connectivity index (χ1) is 6.86. The SMILES string of the molecule is C=CCn1/c(=N\N)sc2ccccc21. The highest BCUT2D eigenvalue weighted by molar-refractivity contribution is 7.16. The molecule has 72 valence electrons. The molecule has 2 aromatic rings. The van der Waals surface area contributed by atoms with E-state index < -0.39 is 0 Å². The molecule has 0 aliphatic heterocycles. The smallest absolute Gasteiger partial charge is 0.208 e. The summed E-state index contributed by atoms with van der Waals surface area (Å²) in [6.45, 7) is 4.46. The monoisotopic (exact) mass is 205 g/mol. The Morgan fingerprint density at radius 2 is 2.29 bits per heavy atom. The van der Waals surface area contributed by atoms with Crippen LogP contribution >= 0.6 is 11.3 Å². The van der Waals surface area contributed by atoms with Gasteiger partial charge in [0.2, 0.25) is 4.80 Å². The topological polar surface area (TPSA) is 43.3 Å². The first-order valence-corrected chi connectivity index (χ1v) is 5.11. The van der Waals surface area contributed by atoms with Crippen molar-refractivity contribution in [1.82, 2.24) is 4.57 Å². The molecule has 4 heteroatoms. The van der Waals surface area contributed by atoms with Gasteiger partial charge in [-0.05, 0) is 12.1 Å². The van der Waals surface area contributed by atoms with Crippen molar-refractivity contribution in [3.05, 3.63) is 41.7 Å². The Balaban J connectivity index is 2.81. The number of aromatic nitrogens is 1. The molecule has 1 aromatic carbocycles. The second kappa shape index (κ2) is 3.67. The fourth-order valence-electron chi connectivity index (χ4n) is 1.42. The summed E-state index contributed by atoms with van der Waals surface area (Å²) in [6.07, 6.45) is 1.84.